The molecule has 0 saturated heterocycles. The minimum absolute atomic E-state index is 0.468. The van der Waals surface area contributed by atoms with Gasteiger partial charge in [0.05, 0.1) is 6.54 Å². The van der Waals surface area contributed by atoms with E-state index in [1.54, 1.807) is 6.92 Å². The van der Waals surface area contributed by atoms with Crippen LogP contribution in [0.3, 0.4) is 0 Å². The number of rotatable bonds is 12. The van der Waals surface area contributed by atoms with Crippen molar-refractivity contribution in [1.82, 2.24) is 4.57 Å². The number of imidazole rings is 1. The molecule has 0 spiro atoms. The number of aromatic nitrogens is 2. The largest absolute Gasteiger partial charge is 0.550 e. The summed E-state index contributed by atoms with van der Waals surface area (Å²) in [7, 11) is 0. The number of nitrogens with zero attached hydrogens (tertiary/aromatic N) is 2. The molecule has 0 aliphatic heterocycles. The Morgan fingerprint density at radius 2 is 1.81 bits per heavy atom. The maximum absolute atomic E-state index is 11.1. The maximum atomic E-state index is 11.1. The summed E-state index contributed by atoms with van der Waals surface area (Å²) in [4.78, 5) is 11.1. The van der Waals surface area contributed by atoms with Gasteiger partial charge in [0.25, 0.3) is 5.82 Å². The summed E-state index contributed by atoms with van der Waals surface area (Å²) >= 11 is 0. The van der Waals surface area contributed by atoms with E-state index in [0.717, 1.165) is 19.4 Å². The number of carboxylic acids is 1. The molecule has 0 aliphatic rings. The van der Waals surface area contributed by atoms with Crippen molar-refractivity contribution in [2.75, 3.05) is 0 Å². The van der Waals surface area contributed by atoms with Gasteiger partial charge in [-0.3, -0.25) is 0 Å². The van der Waals surface area contributed by atoms with Crippen LogP contribution in [0.4, 0.5) is 0 Å². The zero-order chi connectivity index (χ0) is 18.8. The van der Waals surface area contributed by atoms with Crippen LogP contribution < -0.4 is 9.67 Å². The number of carbonyl (C=O) groups is 1. The molecule has 1 aromatic carbocycles. The van der Waals surface area contributed by atoms with Crippen molar-refractivity contribution >= 4 is 5.97 Å². The molecule has 0 bridgehead atoms. The smallest absolute Gasteiger partial charge is 0.256 e. The second-order valence-electron chi connectivity index (χ2n) is 7.22. The van der Waals surface area contributed by atoms with Crippen LogP contribution in [-0.2, 0) is 24.3 Å². The van der Waals surface area contributed by atoms with E-state index in [9.17, 15) is 9.90 Å². The Labute approximate surface area is 157 Å². The Hall–Kier alpha value is -2.10. The molecule has 0 fully saturated rings. The molecule has 0 N–H and O–H groups in total. The van der Waals surface area contributed by atoms with Gasteiger partial charge in [0.15, 0.2) is 0 Å². The first-order valence-electron chi connectivity index (χ1n) is 9.94. The van der Waals surface area contributed by atoms with E-state index < -0.39 is 11.9 Å². The maximum Gasteiger partial charge on any atom is 0.256 e. The summed E-state index contributed by atoms with van der Waals surface area (Å²) in [5.41, 5.74) is 1.26. The van der Waals surface area contributed by atoms with Crippen LogP contribution in [0.2, 0.25) is 0 Å². The van der Waals surface area contributed by atoms with E-state index >= 15 is 0 Å². The summed E-state index contributed by atoms with van der Waals surface area (Å²) in [6.45, 7) is 5.23. The minimum atomic E-state index is -0.987. The summed E-state index contributed by atoms with van der Waals surface area (Å²) in [5, 5.41) is 11.1. The van der Waals surface area contributed by atoms with Crippen LogP contribution in [-0.4, -0.2) is 10.5 Å². The zero-order valence-corrected chi connectivity index (χ0v) is 16.2. The van der Waals surface area contributed by atoms with E-state index in [1.165, 1.54) is 43.5 Å². The Balaban J connectivity index is 2.05. The highest BCUT2D eigenvalue weighted by molar-refractivity contribution is 5.66. The number of carbonyl (C=O) groups excluding carboxylic acids is 1. The lowest BCUT2D eigenvalue weighted by atomic mass is 10.1. The van der Waals surface area contributed by atoms with E-state index in [2.05, 4.69) is 46.5 Å². The molecule has 26 heavy (non-hydrogen) atoms. The molecule has 1 aromatic heterocycles. The lowest BCUT2D eigenvalue weighted by Crippen LogP contribution is -2.39. The second kappa shape index (κ2) is 10.8. The minimum Gasteiger partial charge on any atom is -0.550 e. The Morgan fingerprint density at radius 3 is 2.50 bits per heavy atom. The average Bonchev–Trinajstić information content (AvgIpc) is 3.00. The van der Waals surface area contributed by atoms with E-state index in [0.29, 0.717) is 6.54 Å². The van der Waals surface area contributed by atoms with Gasteiger partial charge in [-0.25, -0.2) is 9.13 Å². The van der Waals surface area contributed by atoms with E-state index in [1.807, 2.05) is 12.3 Å². The van der Waals surface area contributed by atoms with Gasteiger partial charge in [-0.2, -0.15) is 0 Å². The van der Waals surface area contributed by atoms with Crippen LogP contribution in [0.5, 0.6) is 0 Å². The van der Waals surface area contributed by atoms with Crippen LogP contribution >= 0.6 is 0 Å². The SMILES string of the molecule is CCCCCCCCc1n(CC(C)C(=O)[O-])cc[n+]1Cc1ccccc1. The molecule has 0 amide bonds. The summed E-state index contributed by atoms with van der Waals surface area (Å²) < 4.78 is 4.35. The highest BCUT2D eigenvalue weighted by Gasteiger charge is 2.19. The second-order valence-corrected chi connectivity index (χ2v) is 7.22. The predicted molar refractivity (Wildman–Crippen MR) is 101 cm³/mol. The molecular formula is C22H32N2O2. The van der Waals surface area contributed by atoms with Crippen molar-refractivity contribution in [2.24, 2.45) is 5.92 Å². The van der Waals surface area contributed by atoms with Crippen LogP contribution in [0.1, 0.15) is 63.8 Å². The van der Waals surface area contributed by atoms with E-state index in [-0.39, 0.29) is 0 Å². The number of unbranched alkanes of at least 4 members (excludes halogenated alkanes) is 5. The Morgan fingerprint density at radius 1 is 1.12 bits per heavy atom. The van der Waals surface area contributed by atoms with Gasteiger partial charge < -0.3 is 9.90 Å². The summed E-state index contributed by atoms with van der Waals surface area (Å²) in [5.74, 6) is -0.271. The third-order valence-electron chi connectivity index (χ3n) is 4.91. The van der Waals surface area contributed by atoms with Crippen molar-refractivity contribution < 1.29 is 14.5 Å². The fourth-order valence-corrected chi connectivity index (χ4v) is 3.31. The molecule has 1 heterocycles. The number of hydrogen-bond donors (Lipinski definition) is 0. The lowest BCUT2D eigenvalue weighted by Gasteiger charge is -2.12. The first-order valence-corrected chi connectivity index (χ1v) is 9.94. The van der Waals surface area contributed by atoms with Gasteiger partial charge in [0, 0.05) is 18.3 Å². The number of benzene rings is 1. The number of carboxylic acid groups (broad SMARTS) is 1. The normalized spacial score (nSPS) is 12.2. The van der Waals surface area contributed by atoms with Crippen molar-refractivity contribution in [1.29, 1.82) is 0 Å². The molecule has 0 saturated carbocycles. The monoisotopic (exact) mass is 356 g/mol. The molecule has 142 valence electrons. The molecule has 0 aliphatic carbocycles. The molecule has 0 radical (unpaired) electrons. The standard InChI is InChI=1S/C22H32N2O2/c1-3-4-5-6-7-11-14-21-23(17-19(2)22(25)26)15-16-24(21)18-20-12-9-8-10-13-20/h8-10,12-13,15-16,19H,3-7,11,14,17-18H2,1-2H3. The van der Waals surface area contributed by atoms with Gasteiger partial charge in [-0.1, -0.05) is 76.3 Å². The van der Waals surface area contributed by atoms with Crippen molar-refractivity contribution in [3.05, 3.63) is 54.1 Å². The zero-order valence-electron chi connectivity index (χ0n) is 16.2. The molecule has 2 aromatic rings. The quantitative estimate of drug-likeness (QED) is 0.433. The lowest BCUT2D eigenvalue weighted by molar-refractivity contribution is -0.695. The third kappa shape index (κ3) is 6.32. The predicted octanol–water partition coefficient (Wildman–Crippen LogP) is 3.11. The number of hydrogen-bond acceptors (Lipinski definition) is 2. The van der Waals surface area contributed by atoms with Crippen molar-refractivity contribution in [3.63, 3.8) is 0 Å². The van der Waals surface area contributed by atoms with Crippen LogP contribution in [0.15, 0.2) is 42.7 Å². The highest BCUT2D eigenvalue weighted by atomic mass is 16.4. The van der Waals surface area contributed by atoms with Crippen molar-refractivity contribution in [3.8, 4) is 0 Å². The Bertz CT molecular complexity index is 664. The van der Waals surface area contributed by atoms with Gasteiger partial charge in [-0.05, 0) is 12.0 Å². The highest BCUT2D eigenvalue weighted by Crippen LogP contribution is 2.11. The van der Waals surface area contributed by atoms with Crippen molar-refractivity contribution in [2.45, 2.75) is 71.9 Å². The van der Waals surface area contributed by atoms with Crippen LogP contribution in [0.25, 0.3) is 0 Å². The molecule has 1 atom stereocenters. The third-order valence-corrected chi connectivity index (χ3v) is 4.91. The molecule has 4 heteroatoms. The first kappa shape index (κ1) is 20.2. The fraction of sp³-hybridized carbons (Fsp3) is 0.545. The van der Waals surface area contributed by atoms with Gasteiger partial charge >= 0.3 is 0 Å². The average molecular weight is 357 g/mol. The summed E-state index contributed by atoms with van der Waals surface area (Å²) in [6.07, 6.45) is 12.6. The molecule has 2 rings (SSSR count). The molecule has 4 nitrogen and oxygen atoms in total. The topological polar surface area (TPSA) is 48.9 Å². The molecule has 1 unspecified atom stereocenters. The molecular weight excluding hydrogens is 324 g/mol. The summed E-state index contributed by atoms with van der Waals surface area (Å²) in [6, 6.07) is 10.4. The first-order chi connectivity index (χ1) is 12.6. The van der Waals surface area contributed by atoms with Gasteiger partial charge in [-0.15, -0.1) is 0 Å². The number of aliphatic carboxylic acids is 1. The van der Waals surface area contributed by atoms with Crippen LogP contribution in [0, 0.1) is 5.92 Å². The Kier molecular flexibility index (Phi) is 8.39. The van der Waals surface area contributed by atoms with E-state index in [4.69, 9.17) is 0 Å². The van der Waals surface area contributed by atoms with Gasteiger partial charge in [0.2, 0.25) is 0 Å². The van der Waals surface area contributed by atoms with Gasteiger partial charge in [0.1, 0.15) is 18.9 Å². The fourth-order valence-electron chi connectivity index (χ4n) is 3.31.